The topological polar surface area (TPSA) is 43.1 Å². The average molecular weight is 217 g/mol. The highest BCUT2D eigenvalue weighted by atomic mass is 32.2. The van der Waals surface area contributed by atoms with Gasteiger partial charge in [0.25, 0.3) is 0 Å². The maximum Gasteiger partial charge on any atom is 0.0389 e. The monoisotopic (exact) mass is 217 g/mol. The smallest absolute Gasteiger partial charge is 0.0389 e. The van der Waals surface area contributed by atoms with Crippen molar-refractivity contribution in [2.45, 2.75) is 57.2 Å². The summed E-state index contributed by atoms with van der Waals surface area (Å²) in [7, 11) is -0.682. The lowest BCUT2D eigenvalue weighted by Crippen LogP contribution is -2.32. The molecule has 1 fully saturated rings. The fourth-order valence-electron chi connectivity index (χ4n) is 2.08. The fraction of sp³-hybridized carbons (Fsp3) is 1.00. The summed E-state index contributed by atoms with van der Waals surface area (Å²) in [6, 6.07) is 0.132. The van der Waals surface area contributed by atoms with Crippen LogP contribution < -0.4 is 5.73 Å². The molecule has 0 aliphatic heterocycles. The van der Waals surface area contributed by atoms with Gasteiger partial charge in [0, 0.05) is 27.8 Å². The quantitative estimate of drug-likeness (QED) is 0.783. The van der Waals surface area contributed by atoms with E-state index in [-0.39, 0.29) is 6.04 Å². The van der Waals surface area contributed by atoms with Gasteiger partial charge in [0.2, 0.25) is 0 Å². The maximum atomic E-state index is 11.9. The molecule has 1 saturated carbocycles. The molecule has 4 unspecified atom stereocenters. The molecule has 0 saturated heterocycles. The highest BCUT2D eigenvalue weighted by Crippen LogP contribution is 2.27. The third kappa shape index (κ3) is 3.70. The van der Waals surface area contributed by atoms with Crippen molar-refractivity contribution in [3.8, 4) is 0 Å². The maximum absolute atomic E-state index is 11.9. The van der Waals surface area contributed by atoms with Gasteiger partial charge in [-0.1, -0.05) is 26.7 Å². The zero-order chi connectivity index (χ0) is 10.6. The zero-order valence-electron chi connectivity index (χ0n) is 9.37. The van der Waals surface area contributed by atoms with Crippen molar-refractivity contribution >= 4 is 10.8 Å². The SMILES string of the molecule is CCC(N)CS(=O)C1CCCC(C)C1. The molecular weight excluding hydrogens is 194 g/mol. The van der Waals surface area contributed by atoms with Crippen LogP contribution in [0.2, 0.25) is 0 Å². The molecule has 0 radical (unpaired) electrons. The number of rotatable bonds is 4. The Morgan fingerprint density at radius 2 is 2.21 bits per heavy atom. The van der Waals surface area contributed by atoms with E-state index in [9.17, 15) is 4.21 Å². The molecule has 0 aromatic rings. The Balaban J connectivity index is 2.36. The third-order valence-electron chi connectivity index (χ3n) is 3.16. The summed E-state index contributed by atoms with van der Waals surface area (Å²) < 4.78 is 11.9. The standard InChI is InChI=1S/C11H23NOS/c1-3-10(12)8-14(13)11-6-4-5-9(2)7-11/h9-11H,3-8,12H2,1-2H3. The molecule has 4 atom stereocenters. The molecule has 2 N–H and O–H groups in total. The molecule has 2 nitrogen and oxygen atoms in total. The van der Waals surface area contributed by atoms with Crippen LogP contribution >= 0.6 is 0 Å². The van der Waals surface area contributed by atoms with Crippen LogP contribution in [0.5, 0.6) is 0 Å². The number of hydrogen-bond acceptors (Lipinski definition) is 2. The summed E-state index contributed by atoms with van der Waals surface area (Å²) in [4.78, 5) is 0. The van der Waals surface area contributed by atoms with Crippen molar-refractivity contribution in [3.63, 3.8) is 0 Å². The van der Waals surface area contributed by atoms with Gasteiger partial charge < -0.3 is 5.73 Å². The van der Waals surface area contributed by atoms with E-state index in [2.05, 4.69) is 13.8 Å². The Kier molecular flexibility index (Phi) is 5.10. The summed E-state index contributed by atoms with van der Waals surface area (Å²) in [5, 5.41) is 0.427. The molecule has 0 heterocycles. The lowest BCUT2D eigenvalue weighted by molar-refractivity contribution is 0.389. The van der Waals surface area contributed by atoms with Gasteiger partial charge >= 0.3 is 0 Å². The molecule has 14 heavy (non-hydrogen) atoms. The number of nitrogens with two attached hydrogens (primary N) is 1. The molecule has 1 aliphatic rings. The molecule has 0 aromatic heterocycles. The summed E-state index contributed by atoms with van der Waals surface area (Å²) >= 11 is 0. The third-order valence-corrected chi connectivity index (χ3v) is 5.09. The normalized spacial score (nSPS) is 32.5. The second-order valence-corrected chi connectivity index (χ2v) is 6.37. The van der Waals surface area contributed by atoms with Gasteiger partial charge in [0.05, 0.1) is 0 Å². The van der Waals surface area contributed by atoms with Gasteiger partial charge in [-0.05, 0) is 25.2 Å². The molecular formula is C11H23NOS. The van der Waals surface area contributed by atoms with Crippen molar-refractivity contribution in [2.24, 2.45) is 11.7 Å². The van der Waals surface area contributed by atoms with E-state index in [1.165, 1.54) is 12.8 Å². The Labute approximate surface area is 90.1 Å². The van der Waals surface area contributed by atoms with E-state index >= 15 is 0 Å². The second kappa shape index (κ2) is 5.86. The summed E-state index contributed by atoms with van der Waals surface area (Å²) in [6.45, 7) is 4.33. The predicted octanol–water partition coefficient (Wildman–Crippen LogP) is 2.05. The average Bonchev–Trinajstić information content (AvgIpc) is 2.17. The zero-order valence-corrected chi connectivity index (χ0v) is 10.2. The fourth-order valence-corrected chi connectivity index (χ4v) is 3.98. The molecule has 84 valence electrons. The molecule has 1 aliphatic carbocycles. The summed E-state index contributed by atoms with van der Waals surface area (Å²) in [6.07, 6.45) is 5.79. The van der Waals surface area contributed by atoms with E-state index in [1.807, 2.05) is 0 Å². The lowest BCUT2D eigenvalue weighted by atomic mass is 9.91. The first-order valence-corrected chi connectivity index (χ1v) is 7.14. The minimum Gasteiger partial charge on any atom is -0.327 e. The minimum atomic E-state index is -0.682. The first kappa shape index (κ1) is 12.2. The molecule has 3 heteroatoms. The molecule has 1 rings (SSSR count). The van der Waals surface area contributed by atoms with Gasteiger partial charge in [-0.25, -0.2) is 0 Å². The first-order valence-electron chi connectivity index (χ1n) is 5.76. The Hall–Kier alpha value is 0.110. The highest BCUT2D eigenvalue weighted by molar-refractivity contribution is 7.85. The molecule has 0 aromatic carbocycles. The largest absolute Gasteiger partial charge is 0.327 e. The van der Waals surface area contributed by atoms with Gasteiger partial charge in [0.1, 0.15) is 0 Å². The van der Waals surface area contributed by atoms with Crippen LogP contribution in [-0.4, -0.2) is 21.3 Å². The van der Waals surface area contributed by atoms with Crippen molar-refractivity contribution in [1.82, 2.24) is 0 Å². The van der Waals surface area contributed by atoms with E-state index in [4.69, 9.17) is 5.73 Å². The highest BCUT2D eigenvalue weighted by Gasteiger charge is 2.24. The van der Waals surface area contributed by atoms with Gasteiger partial charge in [0.15, 0.2) is 0 Å². The van der Waals surface area contributed by atoms with Crippen LogP contribution in [0.4, 0.5) is 0 Å². The van der Waals surface area contributed by atoms with Crippen molar-refractivity contribution in [3.05, 3.63) is 0 Å². The van der Waals surface area contributed by atoms with Gasteiger partial charge in [-0.2, -0.15) is 0 Å². The van der Waals surface area contributed by atoms with Crippen LogP contribution in [-0.2, 0) is 10.8 Å². The van der Waals surface area contributed by atoms with Crippen molar-refractivity contribution < 1.29 is 4.21 Å². The van der Waals surface area contributed by atoms with E-state index in [1.54, 1.807) is 0 Å². The predicted molar refractivity (Wildman–Crippen MR) is 62.7 cm³/mol. The van der Waals surface area contributed by atoms with E-state index < -0.39 is 10.8 Å². The van der Waals surface area contributed by atoms with Crippen LogP contribution in [0.25, 0.3) is 0 Å². The van der Waals surface area contributed by atoms with E-state index in [0.717, 1.165) is 25.2 Å². The number of hydrogen-bond donors (Lipinski definition) is 1. The Morgan fingerprint density at radius 1 is 1.50 bits per heavy atom. The summed E-state index contributed by atoms with van der Waals surface area (Å²) in [5.74, 6) is 1.46. The van der Waals surface area contributed by atoms with Crippen LogP contribution in [0, 0.1) is 5.92 Å². The lowest BCUT2D eigenvalue weighted by Gasteiger charge is -2.26. The van der Waals surface area contributed by atoms with Crippen molar-refractivity contribution in [1.29, 1.82) is 0 Å². The van der Waals surface area contributed by atoms with Crippen LogP contribution in [0.15, 0.2) is 0 Å². The first-order chi connectivity index (χ1) is 6.63. The summed E-state index contributed by atoms with van der Waals surface area (Å²) in [5.41, 5.74) is 5.82. The molecule has 0 spiro atoms. The van der Waals surface area contributed by atoms with Crippen molar-refractivity contribution in [2.75, 3.05) is 5.75 Å². The Bertz CT molecular complexity index is 196. The van der Waals surface area contributed by atoms with Crippen LogP contribution in [0.3, 0.4) is 0 Å². The minimum absolute atomic E-state index is 0.132. The van der Waals surface area contributed by atoms with E-state index in [0.29, 0.717) is 11.0 Å². The van der Waals surface area contributed by atoms with Gasteiger partial charge in [-0.3, -0.25) is 4.21 Å². The van der Waals surface area contributed by atoms with Gasteiger partial charge in [-0.15, -0.1) is 0 Å². The second-order valence-electron chi connectivity index (χ2n) is 4.61. The Morgan fingerprint density at radius 3 is 2.79 bits per heavy atom. The molecule has 0 bridgehead atoms. The van der Waals surface area contributed by atoms with Crippen LogP contribution in [0.1, 0.15) is 46.0 Å². The molecule has 0 amide bonds.